The normalized spacial score (nSPS) is 23.8. The van der Waals surface area contributed by atoms with Crippen molar-refractivity contribution in [3.05, 3.63) is 28.2 Å². The van der Waals surface area contributed by atoms with E-state index < -0.39 is 0 Å². The van der Waals surface area contributed by atoms with Gasteiger partial charge < -0.3 is 10.6 Å². The Hall–Kier alpha value is -0.540. The summed E-state index contributed by atoms with van der Waals surface area (Å²) >= 11 is 3.57. The quantitative estimate of drug-likeness (QED) is 0.860. The first-order valence-corrected chi connectivity index (χ1v) is 6.58. The highest BCUT2D eigenvalue weighted by Gasteiger charge is 2.33. The lowest BCUT2D eigenvalue weighted by Crippen LogP contribution is -2.21. The minimum absolute atomic E-state index is 0.839. The predicted octanol–water partition coefficient (Wildman–Crippen LogP) is 3.12. The third-order valence-electron chi connectivity index (χ3n) is 3.33. The van der Waals surface area contributed by atoms with Crippen LogP contribution in [0.3, 0.4) is 0 Å². The molecule has 0 bridgehead atoms. The maximum atomic E-state index is 5.80. The smallest absolute Gasteiger partial charge is 0.0318 e. The van der Waals surface area contributed by atoms with Crippen molar-refractivity contribution in [2.24, 2.45) is 11.8 Å². The number of nitrogens with two attached hydrogens (primary N) is 1. The van der Waals surface area contributed by atoms with Gasteiger partial charge in [-0.1, -0.05) is 22.9 Å². The lowest BCUT2D eigenvalue weighted by atomic mass is 10.2. The van der Waals surface area contributed by atoms with Crippen LogP contribution < -0.4 is 5.73 Å². The molecule has 1 aromatic carbocycles. The molecule has 0 radical (unpaired) electrons. The van der Waals surface area contributed by atoms with Crippen LogP contribution in [0.15, 0.2) is 22.7 Å². The van der Waals surface area contributed by atoms with Gasteiger partial charge in [-0.3, -0.25) is 0 Å². The molecule has 1 aromatic rings. The molecule has 1 fully saturated rings. The lowest BCUT2D eigenvalue weighted by molar-refractivity contribution is 0.307. The molecule has 0 amide bonds. The molecule has 1 saturated carbocycles. The fourth-order valence-corrected chi connectivity index (χ4v) is 2.50. The Bertz CT molecular complexity index is 378. The van der Waals surface area contributed by atoms with Crippen molar-refractivity contribution in [3.63, 3.8) is 0 Å². The highest BCUT2D eigenvalue weighted by atomic mass is 79.9. The number of rotatable bonds is 4. The van der Waals surface area contributed by atoms with Gasteiger partial charge >= 0.3 is 0 Å². The van der Waals surface area contributed by atoms with E-state index in [9.17, 15) is 0 Å². The average Bonchev–Trinajstić information content (AvgIpc) is 2.88. The molecule has 88 valence electrons. The summed E-state index contributed by atoms with van der Waals surface area (Å²) < 4.78 is 1.15. The van der Waals surface area contributed by atoms with Crippen LogP contribution in [0, 0.1) is 11.8 Å². The fraction of sp³-hybridized carbons (Fsp3) is 0.538. The highest BCUT2D eigenvalue weighted by Crippen LogP contribution is 2.38. The van der Waals surface area contributed by atoms with Crippen molar-refractivity contribution >= 4 is 21.6 Å². The first kappa shape index (κ1) is 11.9. The number of nitrogens with zero attached hydrogens (tertiary/aromatic N) is 1. The molecule has 0 saturated heterocycles. The zero-order valence-electron chi connectivity index (χ0n) is 9.91. The summed E-state index contributed by atoms with van der Waals surface area (Å²) in [6.45, 7) is 4.49. The highest BCUT2D eigenvalue weighted by molar-refractivity contribution is 9.10. The number of hydrogen-bond acceptors (Lipinski definition) is 2. The summed E-state index contributed by atoms with van der Waals surface area (Å²) in [5.74, 6) is 1.83. The van der Waals surface area contributed by atoms with Gasteiger partial charge in [0, 0.05) is 23.2 Å². The molecular weight excluding hydrogens is 264 g/mol. The SMILES string of the molecule is CC1CC1CN(C)Cc1cc(N)ccc1Br. The van der Waals surface area contributed by atoms with Crippen LogP contribution in [-0.4, -0.2) is 18.5 Å². The van der Waals surface area contributed by atoms with E-state index in [-0.39, 0.29) is 0 Å². The molecule has 0 heterocycles. The number of hydrogen-bond donors (Lipinski definition) is 1. The van der Waals surface area contributed by atoms with E-state index in [4.69, 9.17) is 5.73 Å². The van der Waals surface area contributed by atoms with Gasteiger partial charge in [-0.15, -0.1) is 0 Å². The Kier molecular flexibility index (Phi) is 3.55. The molecule has 2 N–H and O–H groups in total. The fourth-order valence-electron chi connectivity index (χ4n) is 2.12. The van der Waals surface area contributed by atoms with Gasteiger partial charge in [0.15, 0.2) is 0 Å². The van der Waals surface area contributed by atoms with Gasteiger partial charge in [-0.25, -0.2) is 0 Å². The Labute approximate surface area is 106 Å². The second-order valence-electron chi connectivity index (χ2n) is 5.02. The van der Waals surface area contributed by atoms with Gasteiger partial charge in [-0.2, -0.15) is 0 Å². The van der Waals surface area contributed by atoms with E-state index >= 15 is 0 Å². The zero-order valence-corrected chi connectivity index (χ0v) is 11.5. The Morgan fingerprint density at radius 2 is 2.19 bits per heavy atom. The monoisotopic (exact) mass is 282 g/mol. The van der Waals surface area contributed by atoms with Gasteiger partial charge in [0.1, 0.15) is 0 Å². The average molecular weight is 283 g/mol. The van der Waals surface area contributed by atoms with Crippen LogP contribution in [0.2, 0.25) is 0 Å². The molecule has 3 heteroatoms. The molecule has 16 heavy (non-hydrogen) atoms. The van der Waals surface area contributed by atoms with Crippen LogP contribution in [0.5, 0.6) is 0 Å². The molecule has 1 aliphatic rings. The first-order chi connectivity index (χ1) is 7.56. The van der Waals surface area contributed by atoms with E-state index in [1.54, 1.807) is 0 Å². The number of benzene rings is 1. The third-order valence-corrected chi connectivity index (χ3v) is 4.11. The molecule has 1 aliphatic carbocycles. The summed E-state index contributed by atoms with van der Waals surface area (Å²) in [5, 5.41) is 0. The molecule has 0 aliphatic heterocycles. The van der Waals surface area contributed by atoms with Gasteiger partial charge in [0.25, 0.3) is 0 Å². The zero-order chi connectivity index (χ0) is 11.7. The first-order valence-electron chi connectivity index (χ1n) is 5.78. The summed E-state index contributed by atoms with van der Waals surface area (Å²) in [4.78, 5) is 2.38. The number of nitrogen functional groups attached to an aromatic ring is 1. The minimum Gasteiger partial charge on any atom is -0.399 e. The molecule has 2 atom stereocenters. The van der Waals surface area contributed by atoms with Crippen LogP contribution in [0.25, 0.3) is 0 Å². The maximum absolute atomic E-state index is 5.80. The van der Waals surface area contributed by atoms with Crippen LogP contribution in [0.4, 0.5) is 5.69 Å². The van der Waals surface area contributed by atoms with Crippen molar-refractivity contribution in [1.82, 2.24) is 4.90 Å². The van der Waals surface area contributed by atoms with Gasteiger partial charge in [0.2, 0.25) is 0 Å². The molecule has 2 unspecified atom stereocenters. The van der Waals surface area contributed by atoms with Crippen molar-refractivity contribution in [2.75, 3.05) is 19.3 Å². The summed E-state index contributed by atoms with van der Waals surface area (Å²) in [7, 11) is 2.18. The van der Waals surface area contributed by atoms with E-state index in [1.165, 1.54) is 18.5 Å². The van der Waals surface area contributed by atoms with E-state index in [1.807, 2.05) is 12.1 Å². The van der Waals surface area contributed by atoms with Crippen molar-refractivity contribution in [3.8, 4) is 0 Å². The minimum atomic E-state index is 0.839. The second-order valence-corrected chi connectivity index (χ2v) is 5.88. The van der Waals surface area contributed by atoms with Crippen molar-refractivity contribution in [2.45, 2.75) is 19.9 Å². The van der Waals surface area contributed by atoms with Gasteiger partial charge in [-0.05, 0) is 49.1 Å². The van der Waals surface area contributed by atoms with Crippen molar-refractivity contribution in [1.29, 1.82) is 0 Å². The summed E-state index contributed by atoms with van der Waals surface area (Å²) in [5.41, 5.74) is 7.91. The van der Waals surface area contributed by atoms with E-state index in [2.05, 4.69) is 40.9 Å². The van der Waals surface area contributed by atoms with Crippen LogP contribution >= 0.6 is 15.9 Å². The van der Waals surface area contributed by atoms with Gasteiger partial charge in [0.05, 0.1) is 0 Å². The molecular formula is C13H19BrN2. The van der Waals surface area contributed by atoms with Crippen LogP contribution in [0.1, 0.15) is 18.9 Å². The summed E-state index contributed by atoms with van der Waals surface area (Å²) in [6, 6.07) is 6.01. The Morgan fingerprint density at radius 1 is 1.50 bits per heavy atom. The topological polar surface area (TPSA) is 29.3 Å². The van der Waals surface area contributed by atoms with E-state index in [0.717, 1.165) is 28.5 Å². The number of halogens is 1. The van der Waals surface area contributed by atoms with E-state index in [0.29, 0.717) is 0 Å². The molecule has 2 rings (SSSR count). The van der Waals surface area contributed by atoms with Crippen LogP contribution in [-0.2, 0) is 6.54 Å². The largest absolute Gasteiger partial charge is 0.399 e. The summed E-state index contributed by atoms with van der Waals surface area (Å²) in [6.07, 6.45) is 1.39. The molecule has 2 nitrogen and oxygen atoms in total. The second kappa shape index (κ2) is 4.76. The third kappa shape index (κ3) is 2.98. The predicted molar refractivity (Wildman–Crippen MR) is 72.2 cm³/mol. The molecule has 0 spiro atoms. The Balaban J connectivity index is 1.94. The number of anilines is 1. The lowest BCUT2D eigenvalue weighted by Gasteiger charge is -2.17. The van der Waals surface area contributed by atoms with Crippen molar-refractivity contribution < 1.29 is 0 Å². The Morgan fingerprint density at radius 3 is 2.81 bits per heavy atom. The maximum Gasteiger partial charge on any atom is 0.0318 e. The standard InChI is InChI=1S/C13H19BrN2/c1-9-5-10(9)7-16(2)8-11-6-12(15)3-4-13(11)14/h3-4,6,9-10H,5,7-8,15H2,1-2H3. The molecule has 0 aromatic heterocycles.